The van der Waals surface area contributed by atoms with Crippen LogP contribution in [0.2, 0.25) is 0 Å². The van der Waals surface area contributed by atoms with E-state index in [2.05, 4.69) is 86.8 Å². The van der Waals surface area contributed by atoms with Gasteiger partial charge in [0.25, 0.3) is 0 Å². The number of aliphatic carboxylic acids is 1. The maximum absolute atomic E-state index is 13.0. The molecule has 0 spiro atoms. The average molecular weight is 1390 g/mol. The van der Waals surface area contributed by atoms with E-state index in [-0.39, 0.29) is 32.2 Å². The summed E-state index contributed by atoms with van der Waals surface area (Å²) >= 11 is 0. The van der Waals surface area contributed by atoms with Gasteiger partial charge in [-0.2, -0.15) is 0 Å². The van der Waals surface area contributed by atoms with Crippen LogP contribution in [-0.4, -0.2) is 82.3 Å². The summed E-state index contributed by atoms with van der Waals surface area (Å²) in [4.78, 5) is 37.7. The van der Waals surface area contributed by atoms with Gasteiger partial charge in [0.2, 0.25) is 0 Å². The molecule has 0 saturated carbocycles. The number of hydrogen-bond donors (Lipinski definition) is 0. The van der Waals surface area contributed by atoms with Crippen molar-refractivity contribution >= 4 is 17.9 Å². The van der Waals surface area contributed by atoms with Crippen LogP contribution in [0.25, 0.3) is 0 Å². The number of carbonyl (C=O) groups excluding carboxylic acids is 3. The van der Waals surface area contributed by atoms with E-state index >= 15 is 0 Å². The van der Waals surface area contributed by atoms with Gasteiger partial charge in [-0.3, -0.25) is 9.59 Å². The Bertz CT molecular complexity index is 1860. The predicted molar refractivity (Wildman–Crippen MR) is 426 cm³/mol. The van der Waals surface area contributed by atoms with Crippen molar-refractivity contribution in [1.82, 2.24) is 0 Å². The molecule has 0 radical (unpaired) electrons. The lowest BCUT2D eigenvalue weighted by molar-refractivity contribution is -0.870. The Morgan fingerprint density at radius 2 is 0.576 bits per heavy atom. The van der Waals surface area contributed by atoms with Crippen molar-refractivity contribution in [3.63, 3.8) is 0 Å². The van der Waals surface area contributed by atoms with Crippen LogP contribution in [0.15, 0.2) is 72.9 Å². The quantitative estimate of drug-likeness (QED) is 0.0195. The van der Waals surface area contributed by atoms with Crippen molar-refractivity contribution in [2.75, 3.05) is 47.5 Å². The minimum absolute atomic E-state index is 0.149. The first-order valence-corrected chi connectivity index (χ1v) is 43.1. The van der Waals surface area contributed by atoms with Crippen molar-refractivity contribution in [2.24, 2.45) is 0 Å². The Labute approximate surface area is 615 Å². The number of likely N-dealkylation sites (N-methyl/N-ethyl adjacent to an activating group) is 1. The molecule has 0 amide bonds. The highest BCUT2D eigenvalue weighted by atomic mass is 16.7. The van der Waals surface area contributed by atoms with E-state index in [1.165, 1.54) is 327 Å². The lowest BCUT2D eigenvalue weighted by Gasteiger charge is -2.26. The number of carboxylic acids is 1. The molecule has 0 aliphatic rings. The van der Waals surface area contributed by atoms with Gasteiger partial charge >= 0.3 is 11.9 Å². The molecule has 0 bridgehead atoms. The van der Waals surface area contributed by atoms with Crippen molar-refractivity contribution in [1.29, 1.82) is 0 Å². The highest BCUT2D eigenvalue weighted by molar-refractivity contribution is 5.70. The van der Waals surface area contributed by atoms with Gasteiger partial charge in [-0.15, -0.1) is 0 Å². The van der Waals surface area contributed by atoms with E-state index in [0.29, 0.717) is 23.9 Å². The molecule has 0 N–H and O–H groups in total. The summed E-state index contributed by atoms with van der Waals surface area (Å²) < 4.78 is 22.9. The maximum atomic E-state index is 13.0. The van der Waals surface area contributed by atoms with Crippen LogP contribution < -0.4 is 5.11 Å². The number of hydrogen-bond acceptors (Lipinski definition) is 8. The summed E-state index contributed by atoms with van der Waals surface area (Å²) in [5.74, 6) is -2.25. The summed E-state index contributed by atoms with van der Waals surface area (Å²) in [7, 11) is 5.95. The van der Waals surface area contributed by atoms with Gasteiger partial charge in [-0.25, -0.2) is 0 Å². The van der Waals surface area contributed by atoms with E-state index < -0.39 is 24.3 Å². The van der Waals surface area contributed by atoms with E-state index in [4.69, 9.17) is 18.9 Å². The van der Waals surface area contributed by atoms with Crippen LogP contribution >= 0.6 is 0 Å². The third-order valence-corrected chi connectivity index (χ3v) is 19.4. The number of nitrogens with zero attached hydrogens (tertiary/aromatic N) is 1. The SMILES string of the molecule is CC/C=C\C/C=C\C/C=C\C/C=C\C/C=C\CCCCCCCCCCCCCCCCCCCC(=O)OC(COC(=O)CCCCCCCCCCCCCCCCCCCCCCCCCCCCCCC/C=C\CCCCCCCCCC)COC(OCC[N+](C)(C)C)C(=O)[O-]. The molecule has 0 saturated heterocycles. The van der Waals surface area contributed by atoms with E-state index in [1.54, 1.807) is 0 Å². The number of unbranched alkanes of at least 4 members (excludes halogenated alkanes) is 54. The summed E-state index contributed by atoms with van der Waals surface area (Å²) in [5.41, 5.74) is 0. The van der Waals surface area contributed by atoms with Crippen molar-refractivity contribution in [3.05, 3.63) is 72.9 Å². The molecule has 9 heteroatoms. The average Bonchev–Trinajstić information content (AvgIpc) is 1.57. The lowest BCUT2D eigenvalue weighted by atomic mass is 10.0. The van der Waals surface area contributed by atoms with Crippen molar-refractivity contribution in [3.8, 4) is 0 Å². The van der Waals surface area contributed by atoms with Crippen LogP contribution in [0.3, 0.4) is 0 Å². The third kappa shape index (κ3) is 81.9. The fourth-order valence-corrected chi connectivity index (χ4v) is 12.9. The molecule has 0 aromatic rings. The Hall–Kier alpha value is -3.27. The van der Waals surface area contributed by atoms with Crippen LogP contribution in [0.1, 0.15) is 425 Å². The first-order valence-electron chi connectivity index (χ1n) is 43.1. The predicted octanol–water partition coefficient (Wildman–Crippen LogP) is 26.6. The first-order chi connectivity index (χ1) is 48.6. The van der Waals surface area contributed by atoms with Crippen LogP contribution in [-0.2, 0) is 33.3 Å². The third-order valence-electron chi connectivity index (χ3n) is 19.4. The zero-order valence-corrected chi connectivity index (χ0v) is 66.4. The van der Waals surface area contributed by atoms with E-state index in [1.807, 2.05) is 21.1 Å². The summed E-state index contributed by atoms with van der Waals surface area (Å²) in [5, 5.41) is 11.9. The molecule has 0 fully saturated rings. The normalized spacial score (nSPS) is 12.9. The standard InChI is InChI=1S/C90H165NO8/c1-6-8-10-12-14-16-18-20-22-24-26-28-30-32-34-36-38-40-41-42-43-44-45-46-47-49-50-52-54-56-58-60-62-64-66-68-70-72-74-76-78-80-87(92)97-84-86(85-98-90(89(94)95)96-83-82-91(3,4)5)99-88(93)81-79-77-75-73-71-69-67-65-63-61-59-57-55-53-51-48-39-37-35-33-31-29-27-25-23-21-19-17-15-13-11-9-7-2/h9,11,15,17,21,23-24,26-27,29,33,35,86,90H,6-8,10,12-14,16,18-20,22,25,28,30-32,34,36-85H2,1-5H3/b11-9-,17-15-,23-21-,26-24-,29-27-,35-33-. The Kier molecular flexibility index (Phi) is 77.8. The van der Waals surface area contributed by atoms with Gasteiger partial charge in [0, 0.05) is 12.8 Å². The van der Waals surface area contributed by atoms with Crippen molar-refractivity contribution < 1.29 is 42.9 Å². The second kappa shape index (κ2) is 80.4. The van der Waals surface area contributed by atoms with E-state index in [0.717, 1.165) is 64.2 Å². The van der Waals surface area contributed by atoms with Gasteiger partial charge in [-0.1, -0.05) is 401 Å². The maximum Gasteiger partial charge on any atom is 0.306 e. The molecule has 0 aromatic carbocycles. The molecule has 0 heterocycles. The molecule has 9 nitrogen and oxygen atoms in total. The first kappa shape index (κ1) is 95.7. The van der Waals surface area contributed by atoms with Crippen LogP contribution in [0.5, 0.6) is 0 Å². The number of rotatable bonds is 81. The number of carboxylic acid groups (broad SMARTS) is 1. The van der Waals surface area contributed by atoms with Gasteiger partial charge in [0.15, 0.2) is 12.4 Å². The second-order valence-electron chi connectivity index (χ2n) is 30.4. The van der Waals surface area contributed by atoms with Crippen LogP contribution in [0.4, 0.5) is 0 Å². The van der Waals surface area contributed by atoms with Gasteiger partial charge in [0.05, 0.1) is 40.3 Å². The molecule has 578 valence electrons. The zero-order chi connectivity index (χ0) is 71.8. The summed E-state index contributed by atoms with van der Waals surface area (Å²) in [6.07, 6.45) is 106. The highest BCUT2D eigenvalue weighted by Crippen LogP contribution is 2.20. The molecule has 2 unspecified atom stereocenters. The minimum atomic E-state index is -1.62. The molecule has 2 atom stereocenters. The zero-order valence-electron chi connectivity index (χ0n) is 66.4. The second-order valence-corrected chi connectivity index (χ2v) is 30.4. The Morgan fingerprint density at radius 1 is 0.313 bits per heavy atom. The number of ether oxygens (including phenoxy) is 4. The molecule has 0 aliphatic carbocycles. The smallest absolute Gasteiger partial charge is 0.306 e. The fourth-order valence-electron chi connectivity index (χ4n) is 12.9. The van der Waals surface area contributed by atoms with Gasteiger partial charge in [0.1, 0.15) is 13.2 Å². The lowest BCUT2D eigenvalue weighted by Crippen LogP contribution is -2.44. The Balaban J connectivity index is 3.92. The molecule has 99 heavy (non-hydrogen) atoms. The Morgan fingerprint density at radius 3 is 0.869 bits per heavy atom. The topological polar surface area (TPSA) is 111 Å². The number of esters is 2. The highest BCUT2D eigenvalue weighted by Gasteiger charge is 2.22. The van der Waals surface area contributed by atoms with Crippen molar-refractivity contribution in [2.45, 2.75) is 437 Å². The minimum Gasteiger partial charge on any atom is -0.545 e. The van der Waals surface area contributed by atoms with E-state index in [9.17, 15) is 19.5 Å². The molecule has 0 rings (SSSR count). The number of allylic oxidation sites excluding steroid dienone is 12. The van der Waals surface area contributed by atoms with Gasteiger partial charge < -0.3 is 33.3 Å². The molecular formula is C90H165NO8. The van der Waals surface area contributed by atoms with Gasteiger partial charge in [-0.05, 0) is 83.5 Å². The molecular weight excluding hydrogens is 1220 g/mol. The molecule has 0 aliphatic heterocycles. The monoisotopic (exact) mass is 1390 g/mol. The summed E-state index contributed by atoms with van der Waals surface area (Å²) in [6, 6.07) is 0. The molecule has 0 aromatic heterocycles. The van der Waals surface area contributed by atoms with Crippen LogP contribution in [0, 0.1) is 0 Å². The summed E-state index contributed by atoms with van der Waals surface area (Å²) in [6.45, 7) is 4.70. The number of quaternary nitrogens is 1. The fraction of sp³-hybridized carbons (Fsp3) is 0.833. The number of carbonyl (C=O) groups is 3. The largest absolute Gasteiger partial charge is 0.545 e.